The number of aliphatic hydroxyl groups is 1. The van der Waals surface area contributed by atoms with Crippen molar-refractivity contribution >= 4 is 11.3 Å². The van der Waals surface area contributed by atoms with Gasteiger partial charge in [0.25, 0.3) is 0 Å². The van der Waals surface area contributed by atoms with E-state index in [2.05, 4.69) is 10.7 Å². The molecule has 0 saturated carbocycles. The molecule has 0 spiro atoms. The zero-order valence-corrected chi connectivity index (χ0v) is 10.1. The second-order valence-electron chi connectivity index (χ2n) is 4.33. The lowest BCUT2D eigenvalue weighted by molar-refractivity contribution is 0.251. The number of thiophene rings is 1. The molecule has 15 heavy (non-hydrogen) atoms. The lowest BCUT2D eigenvalue weighted by atomic mass is 9.96. The molecule has 2 N–H and O–H groups in total. The van der Waals surface area contributed by atoms with E-state index in [1.165, 1.54) is 31.2 Å². The maximum atomic E-state index is 8.94. The van der Waals surface area contributed by atoms with Crippen LogP contribution in [0, 0.1) is 0 Å². The Balaban J connectivity index is 1.99. The van der Waals surface area contributed by atoms with Gasteiger partial charge in [0.15, 0.2) is 0 Å². The number of hydrogen-bond donors (Lipinski definition) is 2. The van der Waals surface area contributed by atoms with E-state index in [1.807, 2.05) is 18.3 Å². The van der Waals surface area contributed by atoms with Crippen LogP contribution in [-0.2, 0) is 19.4 Å². The Kier molecular flexibility index (Phi) is 3.78. The zero-order chi connectivity index (χ0) is 10.7. The van der Waals surface area contributed by atoms with Crippen LogP contribution in [0.1, 0.15) is 35.8 Å². The highest BCUT2D eigenvalue weighted by Crippen LogP contribution is 2.30. The maximum absolute atomic E-state index is 8.94. The first-order valence-electron chi connectivity index (χ1n) is 5.73. The van der Waals surface area contributed by atoms with E-state index in [-0.39, 0.29) is 12.6 Å². The monoisotopic (exact) mass is 225 g/mol. The van der Waals surface area contributed by atoms with Crippen molar-refractivity contribution in [1.82, 2.24) is 5.32 Å². The maximum Gasteiger partial charge on any atom is 0.0582 e. The average Bonchev–Trinajstić information content (AvgIpc) is 2.69. The molecule has 0 saturated heterocycles. The van der Waals surface area contributed by atoms with Gasteiger partial charge in [-0.2, -0.15) is 0 Å². The molecule has 1 aromatic rings. The molecular formula is C12H19NOS. The molecular weight excluding hydrogens is 206 g/mol. The Morgan fingerprint density at radius 3 is 3.07 bits per heavy atom. The Morgan fingerprint density at radius 1 is 1.47 bits per heavy atom. The molecule has 84 valence electrons. The van der Waals surface area contributed by atoms with Gasteiger partial charge in [-0.1, -0.05) is 0 Å². The van der Waals surface area contributed by atoms with Crippen molar-refractivity contribution in [3.63, 3.8) is 0 Å². The smallest absolute Gasteiger partial charge is 0.0582 e. The summed E-state index contributed by atoms with van der Waals surface area (Å²) in [7, 11) is 0. The quantitative estimate of drug-likeness (QED) is 0.822. The van der Waals surface area contributed by atoms with Crippen molar-refractivity contribution in [2.24, 2.45) is 0 Å². The lowest BCUT2D eigenvalue weighted by Gasteiger charge is -2.14. The summed E-state index contributed by atoms with van der Waals surface area (Å²) in [5.41, 5.74) is 3.04. The van der Waals surface area contributed by atoms with Crippen molar-refractivity contribution in [3.05, 3.63) is 21.4 Å². The minimum Gasteiger partial charge on any atom is -0.395 e. The van der Waals surface area contributed by atoms with E-state index < -0.39 is 0 Å². The van der Waals surface area contributed by atoms with Crippen molar-refractivity contribution < 1.29 is 5.11 Å². The fourth-order valence-corrected chi connectivity index (χ4v) is 3.21. The Bertz CT molecular complexity index is 321. The standard InChI is InChI=1S/C12H19NOS/c1-9(7-14)13-6-10-8-15-12-5-3-2-4-11(10)12/h8-9,13-14H,2-7H2,1H3/t9-/m0/s1. The molecule has 0 fully saturated rings. The highest BCUT2D eigenvalue weighted by Gasteiger charge is 2.15. The van der Waals surface area contributed by atoms with E-state index in [0.29, 0.717) is 0 Å². The SMILES string of the molecule is C[C@@H](CO)NCc1csc2c1CCCC2. The third-order valence-corrected chi connectivity index (χ3v) is 4.20. The van der Waals surface area contributed by atoms with Crippen molar-refractivity contribution in [2.75, 3.05) is 6.61 Å². The highest BCUT2D eigenvalue weighted by atomic mass is 32.1. The minimum absolute atomic E-state index is 0.198. The molecule has 0 amide bonds. The number of nitrogens with one attached hydrogen (secondary N) is 1. The third-order valence-electron chi connectivity index (χ3n) is 3.06. The van der Waals surface area contributed by atoms with Crippen molar-refractivity contribution in [2.45, 2.75) is 45.2 Å². The van der Waals surface area contributed by atoms with Gasteiger partial charge in [0.05, 0.1) is 6.61 Å². The molecule has 0 aromatic carbocycles. The van der Waals surface area contributed by atoms with Crippen LogP contribution in [-0.4, -0.2) is 17.8 Å². The van der Waals surface area contributed by atoms with Crippen molar-refractivity contribution in [3.8, 4) is 0 Å². The van der Waals surface area contributed by atoms with E-state index >= 15 is 0 Å². The van der Waals surface area contributed by atoms with Crippen LogP contribution in [0.4, 0.5) is 0 Å². The first-order valence-corrected chi connectivity index (χ1v) is 6.61. The Morgan fingerprint density at radius 2 is 2.27 bits per heavy atom. The van der Waals surface area contributed by atoms with Crippen LogP contribution >= 0.6 is 11.3 Å². The third kappa shape index (κ3) is 2.60. The van der Waals surface area contributed by atoms with Gasteiger partial charge in [-0.25, -0.2) is 0 Å². The number of aryl methyl sites for hydroxylation is 1. The second-order valence-corrected chi connectivity index (χ2v) is 5.30. The molecule has 0 bridgehead atoms. The Labute approximate surface area is 95.3 Å². The van der Waals surface area contributed by atoms with Gasteiger partial charge in [-0.05, 0) is 49.1 Å². The van der Waals surface area contributed by atoms with Crippen molar-refractivity contribution in [1.29, 1.82) is 0 Å². The zero-order valence-electron chi connectivity index (χ0n) is 9.25. The summed E-state index contributed by atoms with van der Waals surface area (Å²) < 4.78 is 0. The van der Waals surface area contributed by atoms with E-state index in [9.17, 15) is 0 Å². The van der Waals surface area contributed by atoms with Gasteiger partial charge < -0.3 is 10.4 Å². The normalized spacial score (nSPS) is 17.5. The summed E-state index contributed by atoms with van der Waals surface area (Å²) in [5, 5.41) is 14.6. The molecule has 1 heterocycles. The minimum atomic E-state index is 0.198. The fourth-order valence-electron chi connectivity index (χ4n) is 2.06. The van der Waals surface area contributed by atoms with Gasteiger partial charge in [0.2, 0.25) is 0 Å². The van der Waals surface area contributed by atoms with E-state index in [4.69, 9.17) is 5.11 Å². The molecule has 0 radical (unpaired) electrons. The topological polar surface area (TPSA) is 32.3 Å². The first kappa shape index (κ1) is 11.1. The summed E-state index contributed by atoms with van der Waals surface area (Å²) in [6.45, 7) is 3.14. The van der Waals surface area contributed by atoms with Crippen LogP contribution < -0.4 is 5.32 Å². The van der Waals surface area contributed by atoms with Crippen LogP contribution in [0.2, 0.25) is 0 Å². The summed E-state index contributed by atoms with van der Waals surface area (Å²) in [4.78, 5) is 1.59. The summed E-state index contributed by atoms with van der Waals surface area (Å²) in [5.74, 6) is 0. The summed E-state index contributed by atoms with van der Waals surface area (Å²) in [6, 6.07) is 0.198. The summed E-state index contributed by atoms with van der Waals surface area (Å²) >= 11 is 1.91. The van der Waals surface area contributed by atoms with Crippen LogP contribution in [0.3, 0.4) is 0 Å². The van der Waals surface area contributed by atoms with Crippen LogP contribution in [0.15, 0.2) is 5.38 Å². The molecule has 3 heteroatoms. The number of rotatable bonds is 4. The predicted molar refractivity (Wildman–Crippen MR) is 64.3 cm³/mol. The molecule has 1 atom stereocenters. The molecule has 0 aliphatic heterocycles. The molecule has 2 nitrogen and oxygen atoms in total. The lowest BCUT2D eigenvalue weighted by Crippen LogP contribution is -2.28. The molecule has 1 aromatic heterocycles. The highest BCUT2D eigenvalue weighted by molar-refractivity contribution is 7.10. The number of fused-ring (bicyclic) bond motifs is 1. The van der Waals surface area contributed by atoms with Gasteiger partial charge >= 0.3 is 0 Å². The van der Waals surface area contributed by atoms with Crippen LogP contribution in [0.25, 0.3) is 0 Å². The van der Waals surface area contributed by atoms with Gasteiger partial charge in [-0.15, -0.1) is 11.3 Å². The fraction of sp³-hybridized carbons (Fsp3) is 0.667. The summed E-state index contributed by atoms with van der Waals surface area (Å²) in [6.07, 6.45) is 5.22. The largest absolute Gasteiger partial charge is 0.395 e. The molecule has 1 aliphatic carbocycles. The number of aliphatic hydroxyl groups excluding tert-OH is 1. The second kappa shape index (κ2) is 5.10. The van der Waals surface area contributed by atoms with Gasteiger partial charge in [-0.3, -0.25) is 0 Å². The first-order chi connectivity index (χ1) is 7.31. The number of hydrogen-bond acceptors (Lipinski definition) is 3. The Hall–Kier alpha value is -0.380. The van der Waals surface area contributed by atoms with E-state index in [0.717, 1.165) is 6.54 Å². The van der Waals surface area contributed by atoms with Gasteiger partial charge in [0.1, 0.15) is 0 Å². The molecule has 1 aliphatic rings. The average molecular weight is 225 g/mol. The van der Waals surface area contributed by atoms with Gasteiger partial charge in [0, 0.05) is 17.5 Å². The van der Waals surface area contributed by atoms with Crippen LogP contribution in [0.5, 0.6) is 0 Å². The van der Waals surface area contributed by atoms with E-state index in [1.54, 1.807) is 10.4 Å². The molecule has 2 rings (SSSR count). The predicted octanol–water partition coefficient (Wildman–Crippen LogP) is 2.10. The molecule has 0 unspecified atom stereocenters.